The Labute approximate surface area is 201 Å². The topological polar surface area (TPSA) is 90.0 Å². The van der Waals surface area contributed by atoms with Crippen molar-refractivity contribution in [2.45, 2.75) is 18.6 Å². The quantitative estimate of drug-likeness (QED) is 0.429. The fraction of sp³-hybridized carbons (Fsp3) is 0.214. The van der Waals surface area contributed by atoms with Crippen molar-refractivity contribution in [3.63, 3.8) is 0 Å². The van der Waals surface area contributed by atoms with E-state index in [4.69, 9.17) is 9.47 Å². The summed E-state index contributed by atoms with van der Waals surface area (Å²) in [5.41, 5.74) is -0.762. The van der Waals surface area contributed by atoms with Gasteiger partial charge in [0.15, 0.2) is 0 Å². The van der Waals surface area contributed by atoms with Crippen molar-refractivity contribution in [1.82, 2.24) is 0 Å². The van der Waals surface area contributed by atoms with Crippen LogP contribution in [-0.4, -0.2) is 35.6 Å². The second-order valence-electron chi connectivity index (χ2n) is 8.80. The Kier molecular flexibility index (Phi) is 4.72. The fourth-order valence-electron chi connectivity index (χ4n) is 5.62. The second-order valence-corrected chi connectivity index (χ2v) is 8.80. The van der Waals surface area contributed by atoms with Gasteiger partial charge in [0, 0.05) is 11.1 Å². The molecule has 3 aromatic carbocycles. The Morgan fingerprint density at radius 3 is 2.06 bits per heavy atom. The van der Waals surface area contributed by atoms with Crippen LogP contribution in [0, 0.1) is 11.8 Å². The molecule has 0 aromatic heterocycles. The number of hydrogen-bond donors (Lipinski definition) is 0. The summed E-state index contributed by atoms with van der Waals surface area (Å²) >= 11 is 0. The van der Waals surface area contributed by atoms with Crippen LogP contribution in [0.2, 0.25) is 0 Å². The summed E-state index contributed by atoms with van der Waals surface area (Å²) in [7, 11) is 0. The number of ketones is 2. The van der Waals surface area contributed by atoms with Crippen LogP contribution in [-0.2, 0) is 14.3 Å². The van der Waals surface area contributed by atoms with Crippen LogP contribution >= 0.6 is 0 Å². The number of rotatable bonds is 4. The molecule has 7 heteroatoms. The molecule has 0 bridgehead atoms. The first-order valence-corrected chi connectivity index (χ1v) is 11.5. The fourth-order valence-corrected chi connectivity index (χ4v) is 5.62. The van der Waals surface area contributed by atoms with Gasteiger partial charge in [0.2, 0.25) is 29.0 Å². The zero-order valence-corrected chi connectivity index (χ0v) is 18.8. The number of benzene rings is 3. The largest absolute Gasteiger partial charge is 0.492 e. The van der Waals surface area contributed by atoms with Gasteiger partial charge in [0.1, 0.15) is 5.75 Å². The molecule has 7 nitrogen and oxygen atoms in total. The van der Waals surface area contributed by atoms with Gasteiger partial charge in [-0.15, -0.1) is 0 Å². The molecule has 0 saturated carbocycles. The molecule has 3 aliphatic rings. The second kappa shape index (κ2) is 7.71. The van der Waals surface area contributed by atoms with Crippen LogP contribution in [0.25, 0.3) is 0 Å². The summed E-state index contributed by atoms with van der Waals surface area (Å²) in [4.78, 5) is 56.5. The monoisotopic (exact) mass is 467 g/mol. The first-order valence-electron chi connectivity index (χ1n) is 11.5. The molecule has 174 valence electrons. The number of imide groups is 1. The lowest BCUT2D eigenvalue weighted by Gasteiger charge is -2.27. The average Bonchev–Trinajstić information content (AvgIpc) is 3.45. The molecule has 2 fully saturated rings. The third kappa shape index (κ3) is 2.76. The third-order valence-electron chi connectivity index (χ3n) is 7.05. The van der Waals surface area contributed by atoms with E-state index in [2.05, 4.69) is 0 Å². The highest BCUT2D eigenvalue weighted by Gasteiger charge is 2.74. The van der Waals surface area contributed by atoms with Gasteiger partial charge in [-0.1, -0.05) is 66.7 Å². The molecule has 3 atom stereocenters. The lowest BCUT2D eigenvalue weighted by Crippen LogP contribution is -2.51. The van der Waals surface area contributed by atoms with Crippen LogP contribution in [0.3, 0.4) is 0 Å². The third-order valence-corrected chi connectivity index (χ3v) is 7.05. The van der Waals surface area contributed by atoms with Crippen molar-refractivity contribution < 1.29 is 28.7 Å². The molecule has 0 unspecified atom stereocenters. The molecule has 1 spiro atoms. The van der Waals surface area contributed by atoms with Crippen molar-refractivity contribution in [3.05, 3.63) is 95.6 Å². The van der Waals surface area contributed by atoms with Crippen molar-refractivity contribution in [2.24, 2.45) is 11.8 Å². The number of hydrogen-bond acceptors (Lipinski definition) is 6. The zero-order chi connectivity index (χ0) is 24.3. The van der Waals surface area contributed by atoms with E-state index < -0.39 is 46.9 Å². The number of carbonyl (C=O) groups excluding carboxylic acids is 4. The van der Waals surface area contributed by atoms with Gasteiger partial charge in [-0.2, -0.15) is 0 Å². The average molecular weight is 467 g/mol. The highest BCUT2D eigenvalue weighted by atomic mass is 16.5. The molecule has 3 aromatic rings. The summed E-state index contributed by atoms with van der Waals surface area (Å²) in [6, 6.07) is 22.1. The Hall–Kier alpha value is -4.10. The van der Waals surface area contributed by atoms with E-state index in [0.717, 1.165) is 4.90 Å². The Balaban J connectivity index is 1.54. The van der Waals surface area contributed by atoms with Crippen LogP contribution < -0.4 is 9.64 Å². The van der Waals surface area contributed by atoms with Crippen molar-refractivity contribution in [2.75, 3.05) is 11.5 Å². The van der Waals surface area contributed by atoms with Crippen LogP contribution in [0.15, 0.2) is 78.9 Å². The van der Waals surface area contributed by atoms with Gasteiger partial charge < -0.3 is 9.47 Å². The maximum Gasteiger partial charge on any atom is 0.241 e. The van der Waals surface area contributed by atoms with E-state index in [0.29, 0.717) is 17.9 Å². The molecule has 2 amide bonds. The number of fused-ring (bicyclic) bond motifs is 3. The van der Waals surface area contributed by atoms with E-state index in [1.807, 2.05) is 6.07 Å². The lowest BCUT2D eigenvalue weighted by molar-refractivity contribution is -0.127. The molecule has 2 saturated heterocycles. The van der Waals surface area contributed by atoms with Crippen LogP contribution in [0.5, 0.6) is 5.75 Å². The minimum Gasteiger partial charge on any atom is -0.492 e. The first-order chi connectivity index (χ1) is 17.0. The first kappa shape index (κ1) is 21.4. The zero-order valence-electron chi connectivity index (χ0n) is 18.8. The molecule has 2 aliphatic heterocycles. The Bertz CT molecular complexity index is 1360. The van der Waals surface area contributed by atoms with Crippen molar-refractivity contribution in [3.8, 4) is 5.75 Å². The summed E-state index contributed by atoms with van der Waals surface area (Å²) in [6.45, 7) is 2.15. The van der Waals surface area contributed by atoms with Gasteiger partial charge in [0.25, 0.3) is 0 Å². The van der Waals surface area contributed by atoms with Crippen LogP contribution in [0.4, 0.5) is 5.69 Å². The molecule has 0 N–H and O–H groups in total. The number of para-hydroxylation sites is 2. The van der Waals surface area contributed by atoms with Gasteiger partial charge in [0.05, 0.1) is 30.2 Å². The standard InChI is InChI=1S/C28H21NO6/c1-2-34-20-15-9-8-14-19(20)29-26(32)21-22(27(29)33)28(35-23(21)16-10-4-3-5-11-16)24(30)17-12-6-7-13-18(17)25(28)31/h3-15,21-23H,2H2,1H3/t21-,22+,23-/m1/s1. The van der Waals surface area contributed by atoms with Gasteiger partial charge in [-0.25, -0.2) is 4.90 Å². The maximum absolute atomic E-state index is 14.0. The van der Waals surface area contributed by atoms with Crippen LogP contribution in [0.1, 0.15) is 39.3 Å². The Morgan fingerprint density at radius 1 is 0.800 bits per heavy atom. The Morgan fingerprint density at radius 2 is 1.40 bits per heavy atom. The lowest BCUT2D eigenvalue weighted by atomic mass is 9.77. The predicted octanol–water partition coefficient (Wildman–Crippen LogP) is 3.78. The summed E-state index contributed by atoms with van der Waals surface area (Å²) in [5, 5.41) is 0. The van der Waals surface area contributed by atoms with E-state index >= 15 is 0 Å². The van der Waals surface area contributed by atoms with Gasteiger partial charge in [-0.3, -0.25) is 19.2 Å². The molecule has 2 heterocycles. The number of amides is 2. The normalized spacial score (nSPS) is 24.3. The van der Waals surface area contributed by atoms with E-state index in [1.165, 1.54) is 0 Å². The molecular formula is C28H21NO6. The number of Topliss-reactive ketones (excluding diaryl/α,β-unsaturated/α-hetero) is 2. The number of ether oxygens (including phenoxy) is 2. The van der Waals surface area contributed by atoms with E-state index in [1.54, 1.807) is 79.7 Å². The molecule has 6 rings (SSSR count). The smallest absolute Gasteiger partial charge is 0.241 e. The van der Waals surface area contributed by atoms with Crippen molar-refractivity contribution >= 4 is 29.1 Å². The molecule has 1 aliphatic carbocycles. The minimum absolute atomic E-state index is 0.207. The van der Waals surface area contributed by atoms with Gasteiger partial charge in [-0.05, 0) is 24.6 Å². The number of nitrogens with zero attached hydrogens (tertiary/aromatic N) is 1. The SMILES string of the molecule is CCOc1ccccc1N1C(=O)[C@H]2[C@@H](c3ccccc3)OC3(C(=O)c4ccccc4C3=O)[C@@H]2C1=O. The summed E-state index contributed by atoms with van der Waals surface area (Å²) in [6.07, 6.45) is -0.941. The number of carbonyl (C=O) groups is 4. The summed E-state index contributed by atoms with van der Waals surface area (Å²) in [5.74, 6) is -4.27. The minimum atomic E-state index is -2.09. The predicted molar refractivity (Wildman–Crippen MR) is 125 cm³/mol. The maximum atomic E-state index is 14.0. The number of anilines is 1. The van der Waals surface area contributed by atoms with Crippen molar-refractivity contribution in [1.29, 1.82) is 0 Å². The highest BCUT2D eigenvalue weighted by Crippen LogP contribution is 2.58. The summed E-state index contributed by atoms with van der Waals surface area (Å²) < 4.78 is 12.0. The van der Waals surface area contributed by atoms with E-state index in [9.17, 15) is 19.2 Å². The van der Waals surface area contributed by atoms with E-state index in [-0.39, 0.29) is 16.8 Å². The molecule has 35 heavy (non-hydrogen) atoms. The highest BCUT2D eigenvalue weighted by molar-refractivity contribution is 6.37. The molecular weight excluding hydrogens is 446 g/mol. The van der Waals surface area contributed by atoms with Gasteiger partial charge >= 0.3 is 0 Å². The molecule has 0 radical (unpaired) electrons.